The van der Waals surface area contributed by atoms with Crippen LogP contribution in [-0.2, 0) is 10.9 Å². The van der Waals surface area contributed by atoms with E-state index in [1.165, 1.54) is 19.1 Å². The Kier molecular flexibility index (Phi) is 4.60. The van der Waals surface area contributed by atoms with Crippen molar-refractivity contribution in [1.82, 2.24) is 0 Å². The van der Waals surface area contributed by atoms with Gasteiger partial charge in [-0.05, 0) is 31.0 Å². The van der Waals surface area contributed by atoms with Crippen LogP contribution in [0, 0.1) is 6.92 Å². The summed E-state index contributed by atoms with van der Waals surface area (Å²) in [7, 11) is 0. The van der Waals surface area contributed by atoms with E-state index >= 15 is 0 Å². The van der Waals surface area contributed by atoms with Gasteiger partial charge in [-0.15, -0.1) is 0 Å². The van der Waals surface area contributed by atoms with Crippen molar-refractivity contribution in [2.45, 2.75) is 44.3 Å². The molecule has 22 heavy (non-hydrogen) atoms. The van der Waals surface area contributed by atoms with E-state index in [0.717, 1.165) is 6.07 Å². The van der Waals surface area contributed by atoms with Gasteiger partial charge < -0.3 is 10.1 Å². The summed E-state index contributed by atoms with van der Waals surface area (Å²) in [4.78, 5) is 0. The molecule has 0 aromatic heterocycles. The minimum Gasteiger partial charge on any atom is -0.382 e. The highest BCUT2D eigenvalue weighted by molar-refractivity contribution is 5.50. The number of anilines is 1. The van der Waals surface area contributed by atoms with E-state index in [1.54, 1.807) is 0 Å². The maximum Gasteiger partial charge on any atom is 0.416 e. The molecule has 1 heterocycles. The molecule has 0 radical (unpaired) electrons. The molecule has 1 saturated heterocycles. The van der Waals surface area contributed by atoms with Crippen LogP contribution < -0.4 is 5.32 Å². The van der Waals surface area contributed by atoms with Gasteiger partial charge in [-0.25, -0.2) is 0 Å². The van der Waals surface area contributed by atoms with Gasteiger partial charge in [-0.3, -0.25) is 0 Å². The summed E-state index contributed by atoms with van der Waals surface area (Å²) in [6.45, 7) is 1.25. The van der Waals surface area contributed by atoms with Gasteiger partial charge in [-0.2, -0.15) is 26.3 Å². The Hall–Kier alpha value is -1.44. The fourth-order valence-electron chi connectivity index (χ4n) is 2.41. The number of hydrogen-bond acceptors (Lipinski definition) is 2. The number of alkyl halides is 6. The molecule has 8 heteroatoms. The maximum absolute atomic E-state index is 12.8. The summed E-state index contributed by atoms with van der Waals surface area (Å²) in [6, 6.07) is 3.08. The van der Waals surface area contributed by atoms with Crippen LogP contribution in [0.1, 0.15) is 24.0 Å². The van der Waals surface area contributed by atoms with Crippen molar-refractivity contribution < 1.29 is 31.1 Å². The molecule has 0 amide bonds. The van der Waals surface area contributed by atoms with Gasteiger partial charge in [0.1, 0.15) is 0 Å². The lowest BCUT2D eigenvalue weighted by Crippen LogP contribution is -2.42. The molecule has 1 fully saturated rings. The van der Waals surface area contributed by atoms with Gasteiger partial charge in [-0.1, -0.05) is 6.07 Å². The first-order valence-corrected chi connectivity index (χ1v) is 6.70. The van der Waals surface area contributed by atoms with Crippen LogP contribution in [0.5, 0.6) is 0 Å². The number of benzene rings is 1. The number of halogens is 6. The normalized spacial score (nSPS) is 23.4. The number of nitrogens with one attached hydrogen (secondary N) is 1. The molecule has 2 unspecified atom stereocenters. The van der Waals surface area contributed by atoms with Gasteiger partial charge in [0.05, 0.1) is 5.56 Å². The second kappa shape index (κ2) is 5.98. The molecular weight excluding hydrogens is 312 g/mol. The second-order valence-corrected chi connectivity index (χ2v) is 5.29. The number of rotatable bonds is 2. The molecule has 0 spiro atoms. The molecule has 124 valence electrons. The van der Waals surface area contributed by atoms with Gasteiger partial charge >= 0.3 is 12.4 Å². The zero-order chi connectivity index (χ0) is 16.5. The van der Waals surface area contributed by atoms with Crippen LogP contribution >= 0.6 is 0 Å². The van der Waals surface area contributed by atoms with Crippen molar-refractivity contribution in [2.24, 2.45) is 0 Å². The van der Waals surface area contributed by atoms with Crippen molar-refractivity contribution in [3.63, 3.8) is 0 Å². The molecule has 1 N–H and O–H groups in total. The molecule has 2 nitrogen and oxygen atoms in total. The molecule has 2 atom stereocenters. The Morgan fingerprint density at radius 2 is 1.82 bits per heavy atom. The first-order valence-electron chi connectivity index (χ1n) is 6.70. The summed E-state index contributed by atoms with van der Waals surface area (Å²) in [5.74, 6) is 0. The molecule has 1 aromatic carbocycles. The van der Waals surface area contributed by atoms with Crippen molar-refractivity contribution in [3.8, 4) is 0 Å². The first kappa shape index (κ1) is 16.9. The summed E-state index contributed by atoms with van der Waals surface area (Å²) >= 11 is 0. The third kappa shape index (κ3) is 4.06. The highest BCUT2D eigenvalue weighted by atomic mass is 19.4. The SMILES string of the molecule is Cc1ccc(NC2CCOC(C(F)(F)F)C2)cc1C(F)(F)F. The minimum atomic E-state index is -4.49. The topological polar surface area (TPSA) is 21.3 Å². The third-order valence-corrected chi connectivity index (χ3v) is 3.56. The van der Waals surface area contributed by atoms with E-state index in [1.807, 2.05) is 0 Å². The van der Waals surface area contributed by atoms with E-state index < -0.39 is 30.1 Å². The second-order valence-electron chi connectivity index (χ2n) is 5.29. The number of aryl methyl sites for hydroxylation is 1. The van der Waals surface area contributed by atoms with E-state index in [9.17, 15) is 26.3 Å². The quantitative estimate of drug-likeness (QED) is 0.806. The fourth-order valence-corrected chi connectivity index (χ4v) is 2.41. The summed E-state index contributed by atoms with van der Waals surface area (Å²) < 4.78 is 81.0. The maximum atomic E-state index is 12.8. The summed E-state index contributed by atoms with van der Waals surface area (Å²) in [6.07, 6.45) is -10.9. The Bertz CT molecular complexity index is 525. The zero-order valence-electron chi connectivity index (χ0n) is 11.7. The van der Waals surface area contributed by atoms with Crippen LogP contribution in [0.2, 0.25) is 0 Å². The zero-order valence-corrected chi connectivity index (χ0v) is 11.7. The smallest absolute Gasteiger partial charge is 0.382 e. The Labute approximate surface area is 123 Å². The van der Waals surface area contributed by atoms with Crippen LogP contribution in [0.25, 0.3) is 0 Å². The summed E-state index contributed by atoms with van der Waals surface area (Å²) in [5.41, 5.74) is -0.569. The lowest BCUT2D eigenvalue weighted by molar-refractivity contribution is -0.230. The predicted octanol–water partition coefficient (Wildman–Crippen LogP) is 4.54. The Morgan fingerprint density at radius 3 is 2.41 bits per heavy atom. The molecule has 1 aliphatic rings. The minimum absolute atomic E-state index is 0.0678. The van der Waals surface area contributed by atoms with Crippen molar-refractivity contribution in [2.75, 3.05) is 11.9 Å². The average molecular weight is 327 g/mol. The Balaban J connectivity index is 2.11. The van der Waals surface area contributed by atoms with Crippen LogP contribution in [0.15, 0.2) is 18.2 Å². The lowest BCUT2D eigenvalue weighted by atomic mass is 10.0. The van der Waals surface area contributed by atoms with E-state index in [0.29, 0.717) is 6.42 Å². The van der Waals surface area contributed by atoms with Crippen molar-refractivity contribution in [1.29, 1.82) is 0 Å². The lowest BCUT2D eigenvalue weighted by Gasteiger charge is -2.32. The Morgan fingerprint density at radius 1 is 1.14 bits per heavy atom. The number of ether oxygens (including phenoxy) is 1. The monoisotopic (exact) mass is 327 g/mol. The number of hydrogen-bond donors (Lipinski definition) is 1. The van der Waals surface area contributed by atoms with E-state index in [4.69, 9.17) is 0 Å². The van der Waals surface area contributed by atoms with Gasteiger partial charge in [0.2, 0.25) is 0 Å². The van der Waals surface area contributed by atoms with E-state index in [-0.39, 0.29) is 24.3 Å². The standard InChI is InChI=1S/C14H15F6NO/c1-8-2-3-9(6-11(8)13(15,16)17)21-10-4-5-22-12(7-10)14(18,19)20/h2-3,6,10,12,21H,4-5,7H2,1H3. The third-order valence-electron chi connectivity index (χ3n) is 3.56. The first-order chi connectivity index (χ1) is 10.1. The largest absolute Gasteiger partial charge is 0.416 e. The van der Waals surface area contributed by atoms with Gasteiger partial charge in [0.15, 0.2) is 6.10 Å². The van der Waals surface area contributed by atoms with Crippen molar-refractivity contribution in [3.05, 3.63) is 29.3 Å². The fraction of sp³-hybridized carbons (Fsp3) is 0.571. The molecule has 0 bridgehead atoms. The molecule has 2 rings (SSSR count). The van der Waals surface area contributed by atoms with E-state index in [2.05, 4.69) is 10.1 Å². The average Bonchev–Trinajstić information content (AvgIpc) is 2.39. The van der Waals surface area contributed by atoms with Gasteiger partial charge in [0, 0.05) is 24.8 Å². The molecular formula is C14H15F6NO. The highest BCUT2D eigenvalue weighted by Crippen LogP contribution is 2.35. The highest BCUT2D eigenvalue weighted by Gasteiger charge is 2.43. The molecule has 1 aliphatic heterocycles. The summed E-state index contributed by atoms with van der Waals surface area (Å²) in [5, 5.41) is 2.74. The molecule has 0 saturated carbocycles. The molecule has 0 aliphatic carbocycles. The van der Waals surface area contributed by atoms with Crippen LogP contribution in [0.4, 0.5) is 32.0 Å². The molecule has 1 aromatic rings. The van der Waals surface area contributed by atoms with Crippen molar-refractivity contribution >= 4 is 5.69 Å². The van der Waals surface area contributed by atoms with Crippen LogP contribution in [0.3, 0.4) is 0 Å². The van der Waals surface area contributed by atoms with Crippen LogP contribution in [-0.4, -0.2) is 24.9 Å². The van der Waals surface area contributed by atoms with Gasteiger partial charge in [0.25, 0.3) is 0 Å². The predicted molar refractivity (Wildman–Crippen MR) is 68.6 cm³/mol.